The number of rotatable bonds is 3. The van der Waals surface area contributed by atoms with Crippen molar-refractivity contribution < 1.29 is 9.18 Å². The summed E-state index contributed by atoms with van der Waals surface area (Å²) >= 11 is 6.34. The lowest BCUT2D eigenvalue weighted by Crippen LogP contribution is -2.00. The molecular formula is C17H13ClFNO. The summed E-state index contributed by atoms with van der Waals surface area (Å²) in [5.74, 6) is -0.272. The van der Waals surface area contributed by atoms with Crippen LogP contribution in [0.5, 0.6) is 0 Å². The van der Waals surface area contributed by atoms with Crippen LogP contribution < -0.4 is 0 Å². The molecule has 0 N–H and O–H groups in total. The molecule has 2 nitrogen and oxygen atoms in total. The van der Waals surface area contributed by atoms with Crippen molar-refractivity contribution in [3.05, 3.63) is 70.1 Å². The maximum absolute atomic E-state index is 13.0. The third-order valence-corrected chi connectivity index (χ3v) is 3.97. The average molecular weight is 302 g/mol. The molecule has 2 aromatic carbocycles. The summed E-state index contributed by atoms with van der Waals surface area (Å²) in [6.45, 7) is 2.48. The van der Waals surface area contributed by atoms with Gasteiger partial charge in [0, 0.05) is 11.9 Å². The van der Waals surface area contributed by atoms with Crippen molar-refractivity contribution >= 4 is 28.8 Å². The first kappa shape index (κ1) is 13.8. The minimum atomic E-state index is -0.272. The molecule has 0 aliphatic carbocycles. The fourth-order valence-electron chi connectivity index (χ4n) is 2.49. The molecule has 0 fully saturated rings. The molecule has 3 rings (SSSR count). The van der Waals surface area contributed by atoms with Gasteiger partial charge in [-0.15, -0.1) is 0 Å². The number of carbonyl (C=O) groups is 1. The SMILES string of the molecule is Cc1ccc2c(C=O)c(Cl)n(Cc3ccc(F)cc3)c2c1. The van der Waals surface area contributed by atoms with E-state index in [2.05, 4.69) is 0 Å². The van der Waals surface area contributed by atoms with Crippen molar-refractivity contribution in [3.8, 4) is 0 Å². The van der Waals surface area contributed by atoms with Crippen molar-refractivity contribution in [1.29, 1.82) is 0 Å². The van der Waals surface area contributed by atoms with E-state index < -0.39 is 0 Å². The second-order valence-electron chi connectivity index (χ2n) is 5.06. The number of nitrogens with zero attached hydrogens (tertiary/aromatic N) is 1. The molecule has 0 aliphatic heterocycles. The number of hydrogen-bond acceptors (Lipinski definition) is 1. The van der Waals surface area contributed by atoms with Gasteiger partial charge in [0.05, 0.1) is 11.1 Å². The highest BCUT2D eigenvalue weighted by molar-refractivity contribution is 6.34. The molecule has 1 heterocycles. The number of aldehydes is 1. The fraction of sp³-hybridized carbons (Fsp3) is 0.118. The highest BCUT2D eigenvalue weighted by Crippen LogP contribution is 2.30. The summed E-state index contributed by atoms with van der Waals surface area (Å²) in [5.41, 5.74) is 3.42. The summed E-state index contributed by atoms with van der Waals surface area (Å²) in [5, 5.41) is 1.25. The molecule has 0 bridgehead atoms. The highest BCUT2D eigenvalue weighted by Gasteiger charge is 2.15. The van der Waals surface area contributed by atoms with Gasteiger partial charge >= 0.3 is 0 Å². The largest absolute Gasteiger partial charge is 0.327 e. The summed E-state index contributed by atoms with van der Waals surface area (Å²) in [6.07, 6.45) is 0.779. The first-order valence-corrected chi connectivity index (χ1v) is 6.96. The monoisotopic (exact) mass is 301 g/mol. The van der Waals surface area contributed by atoms with Crippen molar-refractivity contribution in [2.45, 2.75) is 13.5 Å². The summed E-state index contributed by atoms with van der Waals surface area (Å²) in [6, 6.07) is 12.1. The van der Waals surface area contributed by atoms with E-state index in [0.29, 0.717) is 17.3 Å². The van der Waals surface area contributed by atoms with Crippen LogP contribution in [-0.2, 0) is 6.54 Å². The Kier molecular flexibility index (Phi) is 3.52. The molecule has 0 atom stereocenters. The predicted octanol–water partition coefficient (Wildman–Crippen LogP) is 4.60. The highest BCUT2D eigenvalue weighted by atomic mass is 35.5. The van der Waals surface area contributed by atoms with E-state index in [1.807, 2.05) is 29.7 Å². The molecule has 21 heavy (non-hydrogen) atoms. The van der Waals surface area contributed by atoms with E-state index in [9.17, 15) is 9.18 Å². The standard InChI is InChI=1S/C17H13ClFNO/c1-11-2-7-14-15(10-21)17(18)20(16(14)8-11)9-12-3-5-13(19)6-4-12/h2-8,10H,9H2,1H3. The zero-order valence-corrected chi connectivity index (χ0v) is 12.2. The zero-order chi connectivity index (χ0) is 15.0. The third-order valence-electron chi connectivity index (χ3n) is 3.57. The quantitative estimate of drug-likeness (QED) is 0.648. The van der Waals surface area contributed by atoms with Crippen LogP contribution in [0.25, 0.3) is 10.9 Å². The Bertz CT molecular complexity index is 821. The van der Waals surface area contributed by atoms with E-state index in [1.165, 1.54) is 12.1 Å². The van der Waals surface area contributed by atoms with E-state index in [1.54, 1.807) is 12.1 Å². The fourth-order valence-corrected chi connectivity index (χ4v) is 2.79. The van der Waals surface area contributed by atoms with Crippen molar-refractivity contribution in [1.82, 2.24) is 4.57 Å². The second kappa shape index (κ2) is 5.34. The van der Waals surface area contributed by atoms with Crippen LogP contribution in [0.2, 0.25) is 5.15 Å². The van der Waals surface area contributed by atoms with Crippen LogP contribution in [-0.4, -0.2) is 10.9 Å². The van der Waals surface area contributed by atoms with Crippen LogP contribution in [0, 0.1) is 12.7 Å². The van der Waals surface area contributed by atoms with E-state index in [-0.39, 0.29) is 5.82 Å². The van der Waals surface area contributed by atoms with Gasteiger partial charge in [0.25, 0.3) is 0 Å². The molecule has 0 saturated heterocycles. The molecular weight excluding hydrogens is 289 g/mol. The molecule has 3 aromatic rings. The lowest BCUT2D eigenvalue weighted by Gasteiger charge is -2.08. The Hall–Kier alpha value is -2.13. The van der Waals surface area contributed by atoms with Gasteiger partial charge < -0.3 is 4.57 Å². The minimum Gasteiger partial charge on any atom is -0.327 e. The van der Waals surface area contributed by atoms with E-state index >= 15 is 0 Å². The van der Waals surface area contributed by atoms with Crippen molar-refractivity contribution in [3.63, 3.8) is 0 Å². The maximum Gasteiger partial charge on any atom is 0.153 e. The van der Waals surface area contributed by atoms with Gasteiger partial charge in [-0.2, -0.15) is 0 Å². The molecule has 0 radical (unpaired) electrons. The molecule has 0 saturated carbocycles. The van der Waals surface area contributed by atoms with E-state index in [4.69, 9.17) is 11.6 Å². The number of carbonyl (C=O) groups excluding carboxylic acids is 1. The molecule has 0 unspecified atom stereocenters. The Balaban J connectivity index is 2.16. The number of benzene rings is 2. The third kappa shape index (κ3) is 2.45. The molecule has 0 spiro atoms. The molecule has 4 heteroatoms. The summed E-state index contributed by atoms with van der Waals surface area (Å²) in [4.78, 5) is 11.3. The summed E-state index contributed by atoms with van der Waals surface area (Å²) in [7, 11) is 0. The minimum absolute atomic E-state index is 0.272. The topological polar surface area (TPSA) is 22.0 Å². The van der Waals surface area contributed by atoms with Gasteiger partial charge in [-0.1, -0.05) is 35.9 Å². The lowest BCUT2D eigenvalue weighted by atomic mass is 10.1. The van der Waals surface area contributed by atoms with Crippen LogP contribution in [0.3, 0.4) is 0 Å². The lowest BCUT2D eigenvalue weighted by molar-refractivity contribution is 0.112. The first-order valence-electron chi connectivity index (χ1n) is 6.58. The number of aromatic nitrogens is 1. The Morgan fingerprint density at radius 1 is 1.19 bits per heavy atom. The molecule has 0 aliphatic rings. The van der Waals surface area contributed by atoms with Crippen molar-refractivity contribution in [2.24, 2.45) is 0 Å². The smallest absolute Gasteiger partial charge is 0.153 e. The van der Waals surface area contributed by atoms with E-state index in [0.717, 1.165) is 28.3 Å². The Morgan fingerprint density at radius 3 is 2.57 bits per heavy atom. The Labute approximate surface area is 126 Å². The predicted molar refractivity (Wildman–Crippen MR) is 82.6 cm³/mol. The normalized spacial score (nSPS) is 11.0. The number of fused-ring (bicyclic) bond motifs is 1. The van der Waals surface area contributed by atoms with Crippen LogP contribution in [0.15, 0.2) is 42.5 Å². The first-order chi connectivity index (χ1) is 10.1. The second-order valence-corrected chi connectivity index (χ2v) is 5.41. The van der Waals surface area contributed by atoms with Crippen LogP contribution >= 0.6 is 11.6 Å². The van der Waals surface area contributed by atoms with Crippen LogP contribution in [0.1, 0.15) is 21.5 Å². The van der Waals surface area contributed by atoms with Gasteiger partial charge in [-0.3, -0.25) is 4.79 Å². The number of aryl methyl sites for hydroxylation is 1. The molecule has 0 amide bonds. The van der Waals surface area contributed by atoms with Gasteiger partial charge in [0.15, 0.2) is 6.29 Å². The maximum atomic E-state index is 13.0. The van der Waals surface area contributed by atoms with Gasteiger partial charge in [-0.25, -0.2) is 4.39 Å². The molecule has 1 aromatic heterocycles. The van der Waals surface area contributed by atoms with Gasteiger partial charge in [0.1, 0.15) is 11.0 Å². The van der Waals surface area contributed by atoms with Crippen LogP contribution in [0.4, 0.5) is 4.39 Å². The van der Waals surface area contributed by atoms with Gasteiger partial charge in [0.2, 0.25) is 0 Å². The Morgan fingerprint density at radius 2 is 1.90 bits per heavy atom. The molecule has 106 valence electrons. The average Bonchev–Trinajstić information content (AvgIpc) is 2.73. The van der Waals surface area contributed by atoms with Gasteiger partial charge in [-0.05, 0) is 36.2 Å². The zero-order valence-electron chi connectivity index (χ0n) is 11.4. The number of hydrogen-bond donors (Lipinski definition) is 0. The van der Waals surface area contributed by atoms with Crippen molar-refractivity contribution in [2.75, 3.05) is 0 Å². The number of halogens is 2. The summed E-state index contributed by atoms with van der Waals surface area (Å²) < 4.78 is 14.9.